The number of esters is 1. The van der Waals surface area contributed by atoms with Gasteiger partial charge in [0.05, 0.1) is 0 Å². The third kappa shape index (κ3) is 5.94. The molecule has 1 N–H and O–H groups in total. The summed E-state index contributed by atoms with van der Waals surface area (Å²) >= 11 is 3.24. The summed E-state index contributed by atoms with van der Waals surface area (Å²) < 4.78 is 17.4. The van der Waals surface area contributed by atoms with Crippen molar-refractivity contribution >= 4 is 21.9 Å². The first-order valence-corrected chi connectivity index (χ1v) is 11.4. The predicted octanol–water partition coefficient (Wildman–Crippen LogP) is 6.06. The van der Waals surface area contributed by atoms with Gasteiger partial charge in [0, 0.05) is 0 Å². The minimum atomic E-state index is -0.717. The Labute approximate surface area is 205 Å². The van der Waals surface area contributed by atoms with Crippen LogP contribution in [0.15, 0.2) is 95.6 Å². The maximum atomic E-state index is 13.2. The van der Waals surface area contributed by atoms with Gasteiger partial charge in [-0.25, -0.2) is 9.78 Å². The highest BCUT2D eigenvalue weighted by atomic mass is 79.9. The van der Waals surface area contributed by atoms with Gasteiger partial charge in [0.1, 0.15) is 19.8 Å². The summed E-state index contributed by atoms with van der Waals surface area (Å²) in [6.07, 6.45) is 0. The highest BCUT2D eigenvalue weighted by molar-refractivity contribution is 9.10. The standard InChI is InChI=1S/C27H22BrNO5/c28-25-23(30)24(32-16-19-10-4-1-5-11-19)22(27(31)34-18-21-14-8-3-9-15-21)26(29-25)33-17-20-12-6-2-7-13-20/h1-15,30H,16-18H2. The molecule has 3 aromatic carbocycles. The first-order chi connectivity index (χ1) is 16.6. The quantitative estimate of drug-likeness (QED) is 0.213. The fraction of sp³-hybridized carbons (Fsp3) is 0.111. The molecule has 7 heteroatoms. The van der Waals surface area contributed by atoms with Gasteiger partial charge in [0.15, 0.2) is 21.7 Å². The van der Waals surface area contributed by atoms with E-state index in [1.165, 1.54) is 0 Å². The molecule has 172 valence electrons. The van der Waals surface area contributed by atoms with Crippen molar-refractivity contribution < 1.29 is 24.1 Å². The molecule has 0 saturated carbocycles. The van der Waals surface area contributed by atoms with Crippen LogP contribution in [-0.4, -0.2) is 16.1 Å². The van der Waals surface area contributed by atoms with Crippen LogP contribution in [0.4, 0.5) is 0 Å². The van der Waals surface area contributed by atoms with Crippen LogP contribution in [0.5, 0.6) is 17.4 Å². The Hall–Kier alpha value is -3.84. The van der Waals surface area contributed by atoms with E-state index in [1.807, 2.05) is 91.0 Å². The smallest absolute Gasteiger partial charge is 0.348 e. The molecule has 4 rings (SSSR count). The fourth-order valence-corrected chi connectivity index (χ4v) is 3.52. The van der Waals surface area contributed by atoms with Gasteiger partial charge in [0.2, 0.25) is 5.88 Å². The van der Waals surface area contributed by atoms with Crippen molar-refractivity contribution in [2.24, 2.45) is 0 Å². The van der Waals surface area contributed by atoms with Crippen LogP contribution in [0, 0.1) is 0 Å². The summed E-state index contributed by atoms with van der Waals surface area (Å²) in [7, 11) is 0. The van der Waals surface area contributed by atoms with E-state index in [-0.39, 0.29) is 47.4 Å². The second-order valence-electron chi connectivity index (χ2n) is 7.37. The summed E-state index contributed by atoms with van der Waals surface area (Å²) in [4.78, 5) is 17.4. The second kappa shape index (κ2) is 11.3. The number of rotatable bonds is 9. The van der Waals surface area contributed by atoms with Gasteiger partial charge in [-0.15, -0.1) is 0 Å². The molecule has 0 saturated heterocycles. The van der Waals surface area contributed by atoms with Crippen LogP contribution in [0.3, 0.4) is 0 Å². The van der Waals surface area contributed by atoms with E-state index in [2.05, 4.69) is 20.9 Å². The molecular weight excluding hydrogens is 498 g/mol. The van der Waals surface area contributed by atoms with Crippen LogP contribution in [0.25, 0.3) is 0 Å². The first-order valence-electron chi connectivity index (χ1n) is 10.6. The van der Waals surface area contributed by atoms with E-state index < -0.39 is 5.97 Å². The molecule has 1 heterocycles. The van der Waals surface area contributed by atoms with Crippen molar-refractivity contribution in [3.8, 4) is 17.4 Å². The summed E-state index contributed by atoms with van der Waals surface area (Å²) in [6, 6.07) is 28.2. The minimum absolute atomic E-state index is 0.00495. The lowest BCUT2D eigenvalue weighted by molar-refractivity contribution is 0.0459. The molecule has 4 aromatic rings. The van der Waals surface area contributed by atoms with Crippen molar-refractivity contribution in [3.63, 3.8) is 0 Å². The maximum Gasteiger partial charge on any atom is 0.348 e. The van der Waals surface area contributed by atoms with Gasteiger partial charge in [-0.2, -0.15) is 0 Å². The van der Waals surface area contributed by atoms with Crippen LogP contribution in [-0.2, 0) is 24.6 Å². The van der Waals surface area contributed by atoms with Crippen molar-refractivity contribution in [2.75, 3.05) is 0 Å². The number of hydrogen-bond acceptors (Lipinski definition) is 6. The number of ether oxygens (including phenoxy) is 3. The average molecular weight is 520 g/mol. The number of nitrogens with zero attached hydrogens (tertiary/aromatic N) is 1. The van der Waals surface area contributed by atoms with E-state index in [0.29, 0.717) is 0 Å². The van der Waals surface area contributed by atoms with Gasteiger partial charge >= 0.3 is 5.97 Å². The molecule has 0 radical (unpaired) electrons. The Balaban J connectivity index is 1.65. The second-order valence-corrected chi connectivity index (χ2v) is 8.12. The number of halogens is 1. The van der Waals surface area contributed by atoms with Gasteiger partial charge < -0.3 is 19.3 Å². The number of hydrogen-bond donors (Lipinski definition) is 1. The first kappa shape index (κ1) is 23.3. The molecule has 1 aromatic heterocycles. The molecule has 0 spiro atoms. The van der Waals surface area contributed by atoms with Crippen molar-refractivity contribution in [2.45, 2.75) is 19.8 Å². The van der Waals surface area contributed by atoms with Crippen molar-refractivity contribution in [1.82, 2.24) is 4.98 Å². The Bertz CT molecular complexity index is 1230. The highest BCUT2D eigenvalue weighted by Gasteiger charge is 2.28. The van der Waals surface area contributed by atoms with E-state index in [1.54, 1.807) is 0 Å². The van der Waals surface area contributed by atoms with Gasteiger partial charge in [-0.05, 0) is 32.6 Å². The lowest BCUT2D eigenvalue weighted by Gasteiger charge is -2.17. The third-order valence-corrected chi connectivity index (χ3v) is 5.47. The Morgan fingerprint density at radius 3 is 1.74 bits per heavy atom. The molecule has 34 heavy (non-hydrogen) atoms. The SMILES string of the molecule is O=C(OCc1ccccc1)c1c(OCc2ccccc2)nc(Br)c(O)c1OCc1ccccc1. The molecule has 0 bridgehead atoms. The normalized spacial score (nSPS) is 10.5. The molecule has 0 unspecified atom stereocenters. The van der Waals surface area contributed by atoms with E-state index in [4.69, 9.17) is 14.2 Å². The van der Waals surface area contributed by atoms with Gasteiger partial charge in [-0.3, -0.25) is 0 Å². The molecule has 0 atom stereocenters. The van der Waals surface area contributed by atoms with Crippen LogP contribution in [0.2, 0.25) is 0 Å². The molecular formula is C27H22BrNO5. The molecule has 0 aliphatic heterocycles. The van der Waals surface area contributed by atoms with Gasteiger partial charge in [-0.1, -0.05) is 91.0 Å². The fourth-order valence-electron chi connectivity index (χ4n) is 3.18. The Morgan fingerprint density at radius 1 is 0.735 bits per heavy atom. The summed E-state index contributed by atoms with van der Waals surface area (Å²) in [5.74, 6) is -1.10. The number of aromatic nitrogens is 1. The Morgan fingerprint density at radius 2 is 1.21 bits per heavy atom. The molecule has 0 aliphatic carbocycles. The number of carbonyl (C=O) groups excluding carboxylic acids is 1. The predicted molar refractivity (Wildman–Crippen MR) is 131 cm³/mol. The van der Waals surface area contributed by atoms with Crippen LogP contribution < -0.4 is 9.47 Å². The molecule has 0 amide bonds. The van der Waals surface area contributed by atoms with E-state index >= 15 is 0 Å². The molecule has 6 nitrogen and oxygen atoms in total. The summed E-state index contributed by atoms with van der Waals surface area (Å²) in [5, 5.41) is 10.7. The zero-order valence-electron chi connectivity index (χ0n) is 18.2. The number of pyridine rings is 1. The zero-order chi connectivity index (χ0) is 23.8. The van der Waals surface area contributed by atoms with E-state index in [0.717, 1.165) is 16.7 Å². The third-order valence-electron chi connectivity index (χ3n) is 4.91. The van der Waals surface area contributed by atoms with Gasteiger partial charge in [0.25, 0.3) is 0 Å². The average Bonchev–Trinajstić information content (AvgIpc) is 2.88. The number of carbonyl (C=O) groups is 1. The number of benzene rings is 3. The minimum Gasteiger partial charge on any atom is -0.502 e. The summed E-state index contributed by atoms with van der Waals surface area (Å²) in [5.41, 5.74) is 2.50. The lowest BCUT2D eigenvalue weighted by Crippen LogP contribution is -2.13. The Kier molecular flexibility index (Phi) is 7.78. The topological polar surface area (TPSA) is 77.9 Å². The number of aromatic hydroxyl groups is 1. The van der Waals surface area contributed by atoms with Crippen LogP contribution in [0.1, 0.15) is 27.0 Å². The lowest BCUT2D eigenvalue weighted by atomic mass is 10.2. The monoisotopic (exact) mass is 519 g/mol. The zero-order valence-corrected chi connectivity index (χ0v) is 19.8. The molecule has 0 fully saturated rings. The van der Waals surface area contributed by atoms with Crippen molar-refractivity contribution in [3.05, 3.63) is 118 Å². The van der Waals surface area contributed by atoms with Crippen LogP contribution >= 0.6 is 15.9 Å². The summed E-state index contributed by atoms with van der Waals surface area (Å²) in [6.45, 7) is 0.344. The van der Waals surface area contributed by atoms with Crippen molar-refractivity contribution in [1.29, 1.82) is 0 Å². The largest absolute Gasteiger partial charge is 0.502 e. The highest BCUT2D eigenvalue weighted by Crippen LogP contribution is 2.41. The van der Waals surface area contributed by atoms with E-state index in [9.17, 15) is 9.90 Å². The molecule has 0 aliphatic rings. The maximum absolute atomic E-state index is 13.2.